The van der Waals surface area contributed by atoms with Crippen molar-refractivity contribution in [3.05, 3.63) is 35.6 Å². The summed E-state index contributed by atoms with van der Waals surface area (Å²) in [7, 11) is -3.33. The Bertz CT molecular complexity index is 506. The number of hydrogen-bond acceptors (Lipinski definition) is 3. The molecule has 6 heteroatoms. The van der Waals surface area contributed by atoms with Gasteiger partial charge in [-0.05, 0) is 44.0 Å². The molecule has 0 saturated heterocycles. The van der Waals surface area contributed by atoms with Gasteiger partial charge in [-0.1, -0.05) is 19.1 Å². The molecule has 0 spiro atoms. The highest BCUT2D eigenvalue weighted by Crippen LogP contribution is 2.04. The van der Waals surface area contributed by atoms with E-state index in [1.54, 1.807) is 19.1 Å². The SMILES string of the molecule is CCCNCC(C)S(=O)(=O)NCCc1cccc(F)c1. The van der Waals surface area contributed by atoms with Crippen molar-refractivity contribution in [2.24, 2.45) is 0 Å². The molecule has 1 unspecified atom stereocenters. The van der Waals surface area contributed by atoms with Crippen molar-refractivity contribution >= 4 is 10.0 Å². The molecule has 1 atom stereocenters. The predicted molar refractivity (Wildman–Crippen MR) is 79.6 cm³/mol. The maximum Gasteiger partial charge on any atom is 0.215 e. The van der Waals surface area contributed by atoms with Crippen molar-refractivity contribution in [1.29, 1.82) is 0 Å². The first-order chi connectivity index (χ1) is 9.45. The van der Waals surface area contributed by atoms with Crippen LogP contribution >= 0.6 is 0 Å². The first kappa shape index (κ1) is 17.1. The van der Waals surface area contributed by atoms with Crippen LogP contribution in [0, 0.1) is 5.82 Å². The zero-order chi connectivity index (χ0) is 15.0. The minimum absolute atomic E-state index is 0.282. The smallest absolute Gasteiger partial charge is 0.215 e. The van der Waals surface area contributed by atoms with Gasteiger partial charge in [-0.15, -0.1) is 0 Å². The number of hydrogen-bond donors (Lipinski definition) is 2. The Kier molecular flexibility index (Phi) is 7.12. The van der Waals surface area contributed by atoms with Crippen molar-refractivity contribution in [2.75, 3.05) is 19.6 Å². The molecule has 0 aliphatic carbocycles. The fourth-order valence-electron chi connectivity index (χ4n) is 1.76. The minimum atomic E-state index is -3.33. The zero-order valence-electron chi connectivity index (χ0n) is 12.0. The highest BCUT2D eigenvalue weighted by atomic mass is 32.2. The van der Waals surface area contributed by atoms with Crippen LogP contribution in [0.25, 0.3) is 0 Å². The Morgan fingerprint density at radius 3 is 2.70 bits per heavy atom. The lowest BCUT2D eigenvalue weighted by atomic mass is 10.1. The molecule has 2 N–H and O–H groups in total. The monoisotopic (exact) mass is 302 g/mol. The average Bonchev–Trinajstić information content (AvgIpc) is 2.38. The van der Waals surface area contributed by atoms with Gasteiger partial charge in [-0.25, -0.2) is 17.5 Å². The molecule has 114 valence electrons. The third kappa shape index (κ3) is 5.98. The summed E-state index contributed by atoms with van der Waals surface area (Å²) in [6.07, 6.45) is 1.45. The standard InChI is InChI=1S/C14H23FN2O2S/c1-3-8-16-11-12(2)20(18,19)17-9-7-13-5-4-6-14(15)10-13/h4-6,10,12,16-17H,3,7-9,11H2,1-2H3. The van der Waals surface area contributed by atoms with Gasteiger partial charge in [-0.3, -0.25) is 0 Å². The summed E-state index contributed by atoms with van der Waals surface area (Å²) in [5.41, 5.74) is 0.782. The van der Waals surface area contributed by atoms with E-state index in [0.717, 1.165) is 18.5 Å². The molecule has 1 aromatic rings. The second-order valence-electron chi connectivity index (χ2n) is 4.83. The summed E-state index contributed by atoms with van der Waals surface area (Å²) in [5, 5.41) is 2.60. The Morgan fingerprint density at radius 1 is 1.30 bits per heavy atom. The molecular formula is C14H23FN2O2S. The van der Waals surface area contributed by atoms with Gasteiger partial charge in [0.05, 0.1) is 5.25 Å². The van der Waals surface area contributed by atoms with Crippen LogP contribution in [0.3, 0.4) is 0 Å². The summed E-state index contributed by atoms with van der Waals surface area (Å²) in [5.74, 6) is -0.303. The van der Waals surface area contributed by atoms with Crippen LogP contribution in [-0.4, -0.2) is 33.3 Å². The number of nitrogens with one attached hydrogen (secondary N) is 2. The third-order valence-electron chi connectivity index (χ3n) is 2.99. The van der Waals surface area contributed by atoms with E-state index in [9.17, 15) is 12.8 Å². The molecule has 0 aliphatic heterocycles. The Morgan fingerprint density at radius 2 is 2.05 bits per heavy atom. The Hall–Kier alpha value is -0.980. The van der Waals surface area contributed by atoms with E-state index in [1.807, 2.05) is 6.92 Å². The van der Waals surface area contributed by atoms with Crippen LogP contribution < -0.4 is 10.0 Å². The first-order valence-electron chi connectivity index (χ1n) is 6.89. The van der Waals surface area contributed by atoms with Gasteiger partial charge in [0.25, 0.3) is 0 Å². The lowest BCUT2D eigenvalue weighted by molar-refractivity contribution is 0.557. The summed E-state index contributed by atoms with van der Waals surface area (Å²) < 4.78 is 39.5. The van der Waals surface area contributed by atoms with Gasteiger partial charge in [0.2, 0.25) is 10.0 Å². The summed E-state index contributed by atoms with van der Waals surface area (Å²) in [6, 6.07) is 6.19. The minimum Gasteiger partial charge on any atom is -0.315 e. The molecule has 0 amide bonds. The van der Waals surface area contributed by atoms with E-state index in [0.29, 0.717) is 13.0 Å². The molecule has 0 heterocycles. The van der Waals surface area contributed by atoms with Gasteiger partial charge in [0.15, 0.2) is 0 Å². The number of benzene rings is 1. The van der Waals surface area contributed by atoms with Gasteiger partial charge in [0.1, 0.15) is 5.82 Å². The van der Waals surface area contributed by atoms with Crippen molar-refractivity contribution < 1.29 is 12.8 Å². The van der Waals surface area contributed by atoms with Gasteiger partial charge in [0, 0.05) is 13.1 Å². The van der Waals surface area contributed by atoms with Gasteiger partial charge < -0.3 is 5.32 Å². The molecule has 0 saturated carbocycles. The third-order valence-corrected chi connectivity index (χ3v) is 4.83. The van der Waals surface area contributed by atoms with E-state index in [2.05, 4.69) is 10.0 Å². The fraction of sp³-hybridized carbons (Fsp3) is 0.571. The predicted octanol–water partition coefficient (Wildman–Crippen LogP) is 1.68. The van der Waals surface area contributed by atoms with E-state index >= 15 is 0 Å². The van der Waals surface area contributed by atoms with Crippen LogP contribution in [0.5, 0.6) is 0 Å². The van der Waals surface area contributed by atoms with Gasteiger partial charge >= 0.3 is 0 Å². The number of sulfonamides is 1. The maximum absolute atomic E-state index is 13.0. The van der Waals surface area contributed by atoms with E-state index in [4.69, 9.17) is 0 Å². The molecule has 1 rings (SSSR count). The van der Waals surface area contributed by atoms with Crippen molar-refractivity contribution in [3.8, 4) is 0 Å². The van der Waals surface area contributed by atoms with Crippen LogP contribution in [0.1, 0.15) is 25.8 Å². The fourth-order valence-corrected chi connectivity index (χ4v) is 2.77. The molecule has 0 aromatic heterocycles. The lowest BCUT2D eigenvalue weighted by Crippen LogP contribution is -2.39. The van der Waals surface area contributed by atoms with Crippen LogP contribution in [0.2, 0.25) is 0 Å². The molecule has 20 heavy (non-hydrogen) atoms. The van der Waals surface area contributed by atoms with E-state index in [-0.39, 0.29) is 12.4 Å². The van der Waals surface area contributed by atoms with Gasteiger partial charge in [-0.2, -0.15) is 0 Å². The van der Waals surface area contributed by atoms with Crippen LogP contribution in [-0.2, 0) is 16.4 Å². The van der Waals surface area contributed by atoms with Crippen LogP contribution in [0.15, 0.2) is 24.3 Å². The Labute approximate surface area is 120 Å². The quantitative estimate of drug-likeness (QED) is 0.682. The summed E-state index contributed by atoms with van der Waals surface area (Å²) in [4.78, 5) is 0. The second kappa shape index (κ2) is 8.34. The highest BCUT2D eigenvalue weighted by molar-refractivity contribution is 7.90. The molecule has 0 aliphatic rings. The van der Waals surface area contributed by atoms with Crippen molar-refractivity contribution in [1.82, 2.24) is 10.0 Å². The second-order valence-corrected chi connectivity index (χ2v) is 7.02. The summed E-state index contributed by atoms with van der Waals surface area (Å²) >= 11 is 0. The molecule has 0 bridgehead atoms. The molecule has 4 nitrogen and oxygen atoms in total. The Balaban J connectivity index is 2.39. The van der Waals surface area contributed by atoms with E-state index < -0.39 is 15.3 Å². The molecule has 1 aromatic carbocycles. The number of rotatable bonds is 9. The highest BCUT2D eigenvalue weighted by Gasteiger charge is 2.19. The van der Waals surface area contributed by atoms with E-state index in [1.165, 1.54) is 12.1 Å². The zero-order valence-corrected chi connectivity index (χ0v) is 12.8. The molecular weight excluding hydrogens is 279 g/mol. The topological polar surface area (TPSA) is 58.2 Å². The van der Waals surface area contributed by atoms with Crippen molar-refractivity contribution in [3.63, 3.8) is 0 Å². The van der Waals surface area contributed by atoms with Crippen molar-refractivity contribution in [2.45, 2.75) is 31.9 Å². The first-order valence-corrected chi connectivity index (χ1v) is 8.44. The summed E-state index contributed by atoms with van der Waals surface area (Å²) in [6.45, 7) is 5.23. The maximum atomic E-state index is 13.0. The molecule has 0 radical (unpaired) electrons. The van der Waals surface area contributed by atoms with Crippen LogP contribution in [0.4, 0.5) is 4.39 Å². The largest absolute Gasteiger partial charge is 0.315 e. The molecule has 0 fully saturated rings. The number of halogens is 1. The average molecular weight is 302 g/mol. The lowest BCUT2D eigenvalue weighted by Gasteiger charge is -2.14. The normalized spacial score (nSPS) is 13.3.